The number of non-ortho nitro benzene ring substituents is 1. The van der Waals surface area contributed by atoms with Gasteiger partial charge in [0, 0.05) is 35.0 Å². The van der Waals surface area contributed by atoms with Crippen molar-refractivity contribution in [1.29, 1.82) is 0 Å². The average molecular weight is 426 g/mol. The van der Waals surface area contributed by atoms with Gasteiger partial charge < -0.3 is 10.1 Å². The number of nitrogens with one attached hydrogen (secondary N) is 1. The molecule has 1 amide bonds. The summed E-state index contributed by atoms with van der Waals surface area (Å²) in [5.74, 6) is 5.16. The highest BCUT2D eigenvalue weighted by molar-refractivity contribution is 6.02. The van der Waals surface area contributed by atoms with E-state index in [1.165, 1.54) is 31.4 Å². The molecule has 7 nitrogen and oxygen atoms in total. The van der Waals surface area contributed by atoms with E-state index in [0.29, 0.717) is 27.9 Å². The highest BCUT2D eigenvalue weighted by atomic mass is 16.6. The van der Waals surface area contributed by atoms with Gasteiger partial charge in [-0.3, -0.25) is 14.9 Å². The molecule has 0 unspecified atom stereocenters. The van der Waals surface area contributed by atoms with Crippen molar-refractivity contribution in [2.45, 2.75) is 0 Å². The number of esters is 1. The zero-order valence-corrected chi connectivity index (χ0v) is 17.1. The number of anilines is 1. The van der Waals surface area contributed by atoms with Crippen LogP contribution >= 0.6 is 0 Å². The van der Waals surface area contributed by atoms with E-state index >= 15 is 0 Å². The normalized spacial score (nSPS) is 10.2. The Morgan fingerprint density at radius 2 is 1.66 bits per heavy atom. The zero-order chi connectivity index (χ0) is 22.9. The van der Waals surface area contributed by atoms with Gasteiger partial charge in [-0.1, -0.05) is 36.1 Å². The van der Waals surface area contributed by atoms with Crippen LogP contribution in [0.2, 0.25) is 0 Å². The Hall–Kier alpha value is -4.70. The molecular formula is C25H18N2O5. The largest absolute Gasteiger partial charge is 0.465 e. The number of amides is 1. The number of hydrogen-bond acceptors (Lipinski definition) is 5. The summed E-state index contributed by atoms with van der Waals surface area (Å²) in [5.41, 5.74) is 2.79. The summed E-state index contributed by atoms with van der Waals surface area (Å²) in [6, 6.07) is 19.8. The van der Waals surface area contributed by atoms with Gasteiger partial charge in [-0.2, -0.15) is 0 Å². The smallest absolute Gasteiger partial charge is 0.337 e. The topological polar surface area (TPSA) is 98.5 Å². The van der Waals surface area contributed by atoms with Gasteiger partial charge in [-0.25, -0.2) is 4.79 Å². The second-order valence-electron chi connectivity index (χ2n) is 6.58. The maximum atomic E-state index is 12.2. The summed E-state index contributed by atoms with van der Waals surface area (Å²) in [4.78, 5) is 34.2. The average Bonchev–Trinajstić information content (AvgIpc) is 2.81. The van der Waals surface area contributed by atoms with Crippen LogP contribution < -0.4 is 5.32 Å². The molecule has 0 atom stereocenters. The van der Waals surface area contributed by atoms with Crippen LogP contribution in [0.15, 0.2) is 78.9 Å². The minimum atomic E-state index is -0.490. The molecular weight excluding hydrogens is 408 g/mol. The van der Waals surface area contributed by atoms with Gasteiger partial charge in [0.25, 0.3) is 5.69 Å². The second-order valence-corrected chi connectivity index (χ2v) is 6.58. The van der Waals surface area contributed by atoms with Gasteiger partial charge in [0.05, 0.1) is 17.6 Å². The molecule has 0 bridgehead atoms. The van der Waals surface area contributed by atoms with Gasteiger partial charge in [-0.15, -0.1) is 0 Å². The minimum absolute atomic E-state index is 0.0454. The molecule has 0 aliphatic carbocycles. The standard InChI is InChI=1S/C25H18N2O5/c1-32-25(29)21-8-2-5-18(15-21)11-12-19-6-3-9-22(16-19)26-24(28)14-13-20-7-4-10-23(17-20)27(30)31/h2-10,13-17H,1H3,(H,26,28)/b14-13+. The Labute approximate surface area is 184 Å². The number of carbonyl (C=O) groups is 2. The van der Waals surface area contributed by atoms with Gasteiger partial charge in [-0.05, 0) is 48.0 Å². The number of methoxy groups -OCH3 is 1. The van der Waals surface area contributed by atoms with E-state index in [2.05, 4.69) is 17.2 Å². The number of nitro groups is 1. The Balaban J connectivity index is 1.69. The van der Waals surface area contributed by atoms with Crippen LogP contribution in [0.3, 0.4) is 0 Å². The monoisotopic (exact) mass is 426 g/mol. The van der Waals surface area contributed by atoms with E-state index in [1.54, 1.807) is 60.7 Å². The van der Waals surface area contributed by atoms with Crippen LogP contribution in [0.5, 0.6) is 0 Å². The molecule has 0 aromatic heterocycles. The van der Waals surface area contributed by atoms with E-state index in [-0.39, 0.29) is 11.6 Å². The van der Waals surface area contributed by atoms with Gasteiger partial charge >= 0.3 is 5.97 Å². The highest BCUT2D eigenvalue weighted by Crippen LogP contribution is 2.15. The zero-order valence-electron chi connectivity index (χ0n) is 17.1. The molecule has 7 heteroatoms. The predicted octanol–water partition coefficient (Wildman–Crippen LogP) is 4.43. The summed E-state index contributed by atoms with van der Waals surface area (Å²) < 4.78 is 4.71. The van der Waals surface area contributed by atoms with Crippen LogP contribution in [-0.2, 0) is 9.53 Å². The Morgan fingerprint density at radius 3 is 2.38 bits per heavy atom. The lowest BCUT2D eigenvalue weighted by Gasteiger charge is -2.02. The van der Waals surface area contributed by atoms with E-state index in [0.717, 1.165) is 0 Å². The molecule has 1 N–H and O–H groups in total. The maximum Gasteiger partial charge on any atom is 0.337 e. The first-order valence-corrected chi connectivity index (χ1v) is 9.48. The van der Waals surface area contributed by atoms with E-state index < -0.39 is 10.9 Å². The molecule has 0 aliphatic heterocycles. The fourth-order valence-electron chi connectivity index (χ4n) is 2.76. The lowest BCUT2D eigenvalue weighted by molar-refractivity contribution is -0.384. The first kappa shape index (κ1) is 22.0. The first-order chi connectivity index (χ1) is 15.4. The molecule has 3 rings (SSSR count). The van der Waals surface area contributed by atoms with Gasteiger partial charge in [0.15, 0.2) is 0 Å². The number of carbonyl (C=O) groups excluding carboxylic acids is 2. The predicted molar refractivity (Wildman–Crippen MR) is 121 cm³/mol. The Morgan fingerprint density at radius 1 is 0.969 bits per heavy atom. The fourth-order valence-corrected chi connectivity index (χ4v) is 2.76. The maximum absolute atomic E-state index is 12.2. The molecule has 0 saturated carbocycles. The lowest BCUT2D eigenvalue weighted by Crippen LogP contribution is -2.07. The Bertz CT molecular complexity index is 1270. The van der Waals surface area contributed by atoms with Crippen molar-refractivity contribution >= 4 is 29.3 Å². The highest BCUT2D eigenvalue weighted by Gasteiger charge is 2.05. The number of nitro benzene ring substituents is 1. The summed E-state index contributed by atoms with van der Waals surface area (Å²) in [5, 5.41) is 13.6. The summed E-state index contributed by atoms with van der Waals surface area (Å²) in [6.45, 7) is 0. The van der Waals surface area contributed by atoms with Crippen molar-refractivity contribution in [3.8, 4) is 11.8 Å². The van der Waals surface area contributed by atoms with Crippen LogP contribution in [0, 0.1) is 22.0 Å². The molecule has 0 radical (unpaired) electrons. The van der Waals surface area contributed by atoms with Crippen molar-refractivity contribution in [3.05, 3.63) is 111 Å². The van der Waals surface area contributed by atoms with Crippen LogP contribution in [0.1, 0.15) is 27.0 Å². The molecule has 158 valence electrons. The van der Waals surface area contributed by atoms with E-state index in [4.69, 9.17) is 4.74 Å². The number of rotatable bonds is 5. The molecule has 3 aromatic carbocycles. The van der Waals surface area contributed by atoms with Crippen molar-refractivity contribution < 1.29 is 19.2 Å². The quantitative estimate of drug-likeness (QED) is 0.214. The second kappa shape index (κ2) is 10.4. The van der Waals surface area contributed by atoms with Gasteiger partial charge in [0.1, 0.15) is 0 Å². The third-order valence-electron chi connectivity index (χ3n) is 4.27. The number of nitrogens with zero attached hydrogens (tertiary/aromatic N) is 1. The van der Waals surface area contributed by atoms with Gasteiger partial charge in [0.2, 0.25) is 5.91 Å². The number of benzene rings is 3. The summed E-state index contributed by atoms with van der Waals surface area (Å²) >= 11 is 0. The van der Waals surface area contributed by atoms with Crippen molar-refractivity contribution in [2.24, 2.45) is 0 Å². The van der Waals surface area contributed by atoms with Crippen molar-refractivity contribution in [3.63, 3.8) is 0 Å². The van der Waals surface area contributed by atoms with Crippen LogP contribution in [-0.4, -0.2) is 23.9 Å². The van der Waals surface area contributed by atoms with Crippen molar-refractivity contribution in [1.82, 2.24) is 0 Å². The SMILES string of the molecule is COC(=O)c1cccc(C#Cc2cccc(NC(=O)/C=C/c3cccc([N+](=O)[O-])c3)c2)c1. The molecule has 0 heterocycles. The number of hydrogen-bond donors (Lipinski definition) is 1. The molecule has 0 aliphatic rings. The lowest BCUT2D eigenvalue weighted by atomic mass is 10.1. The molecule has 32 heavy (non-hydrogen) atoms. The van der Waals surface area contributed by atoms with E-state index in [9.17, 15) is 19.7 Å². The third kappa shape index (κ3) is 6.15. The minimum Gasteiger partial charge on any atom is -0.465 e. The fraction of sp³-hybridized carbons (Fsp3) is 0.0400. The molecule has 0 fully saturated rings. The van der Waals surface area contributed by atoms with Crippen LogP contribution in [0.4, 0.5) is 11.4 Å². The summed E-state index contributed by atoms with van der Waals surface area (Å²) in [7, 11) is 1.32. The summed E-state index contributed by atoms with van der Waals surface area (Å²) in [6.07, 6.45) is 2.80. The molecule has 0 saturated heterocycles. The first-order valence-electron chi connectivity index (χ1n) is 9.48. The third-order valence-corrected chi connectivity index (χ3v) is 4.27. The number of ether oxygens (including phenoxy) is 1. The molecule has 0 spiro atoms. The Kier molecular flexibility index (Phi) is 7.12. The van der Waals surface area contributed by atoms with Crippen LogP contribution in [0.25, 0.3) is 6.08 Å². The van der Waals surface area contributed by atoms with Crippen molar-refractivity contribution in [2.75, 3.05) is 12.4 Å². The van der Waals surface area contributed by atoms with E-state index in [1.807, 2.05) is 0 Å². The molecule has 3 aromatic rings.